The first-order valence-electron chi connectivity index (χ1n) is 10.1. The minimum atomic E-state index is 0.0114. The second-order valence-corrected chi connectivity index (χ2v) is 8.82. The average molecular weight is 411 g/mol. The molecule has 0 aliphatic heterocycles. The highest BCUT2D eigenvalue weighted by Gasteiger charge is 2.14. The Labute approximate surface area is 179 Å². The van der Waals surface area contributed by atoms with Gasteiger partial charge in [0, 0.05) is 10.9 Å². The van der Waals surface area contributed by atoms with Crippen molar-refractivity contribution in [3.05, 3.63) is 99.9 Å². The van der Waals surface area contributed by atoms with Gasteiger partial charge in [0.1, 0.15) is 4.83 Å². The molecule has 3 nitrogen and oxygen atoms in total. The molecular formula is C26H22N2OS. The zero-order valence-corrected chi connectivity index (χ0v) is 17.8. The Kier molecular flexibility index (Phi) is 4.72. The third-order valence-corrected chi connectivity index (χ3v) is 6.51. The van der Waals surface area contributed by atoms with Crippen LogP contribution < -0.4 is 5.56 Å². The van der Waals surface area contributed by atoms with Gasteiger partial charge in [-0.25, -0.2) is 4.98 Å². The fourth-order valence-electron chi connectivity index (χ4n) is 3.85. The van der Waals surface area contributed by atoms with Gasteiger partial charge in [0.25, 0.3) is 5.56 Å². The van der Waals surface area contributed by atoms with E-state index in [2.05, 4.69) is 73.4 Å². The van der Waals surface area contributed by atoms with Crippen molar-refractivity contribution in [2.45, 2.75) is 26.3 Å². The summed E-state index contributed by atoms with van der Waals surface area (Å²) in [6.45, 7) is 4.89. The van der Waals surface area contributed by atoms with Crippen LogP contribution in [0.2, 0.25) is 0 Å². The van der Waals surface area contributed by atoms with Crippen molar-refractivity contribution in [1.82, 2.24) is 9.55 Å². The SMILES string of the molecule is CC(C)c1ccc(Cn2cnc3scc(-c4ccc5ccccc5c4)c3c2=O)cc1. The summed E-state index contributed by atoms with van der Waals surface area (Å²) in [5.74, 6) is 0.495. The lowest BCUT2D eigenvalue weighted by atomic mass is 10.0. The van der Waals surface area contributed by atoms with E-state index in [-0.39, 0.29) is 5.56 Å². The topological polar surface area (TPSA) is 34.9 Å². The third kappa shape index (κ3) is 3.33. The second-order valence-electron chi connectivity index (χ2n) is 7.97. The molecule has 30 heavy (non-hydrogen) atoms. The number of hydrogen-bond acceptors (Lipinski definition) is 3. The molecule has 5 rings (SSSR count). The number of rotatable bonds is 4. The molecule has 0 N–H and O–H groups in total. The van der Waals surface area contributed by atoms with Crippen molar-refractivity contribution in [3.63, 3.8) is 0 Å². The van der Waals surface area contributed by atoms with Gasteiger partial charge in [-0.2, -0.15) is 0 Å². The van der Waals surface area contributed by atoms with E-state index in [0.29, 0.717) is 17.8 Å². The molecule has 4 heteroatoms. The maximum absolute atomic E-state index is 13.4. The summed E-state index contributed by atoms with van der Waals surface area (Å²) in [6.07, 6.45) is 1.67. The average Bonchev–Trinajstić information content (AvgIpc) is 3.21. The van der Waals surface area contributed by atoms with Crippen LogP contribution >= 0.6 is 11.3 Å². The molecule has 0 aliphatic rings. The molecule has 0 bridgehead atoms. The monoisotopic (exact) mass is 410 g/mol. The van der Waals surface area contributed by atoms with Gasteiger partial charge in [-0.3, -0.25) is 9.36 Å². The summed E-state index contributed by atoms with van der Waals surface area (Å²) < 4.78 is 1.71. The van der Waals surface area contributed by atoms with Gasteiger partial charge >= 0.3 is 0 Å². The molecule has 0 aliphatic carbocycles. The maximum Gasteiger partial charge on any atom is 0.263 e. The lowest BCUT2D eigenvalue weighted by Gasteiger charge is -2.09. The Morgan fingerprint density at radius 1 is 0.967 bits per heavy atom. The van der Waals surface area contributed by atoms with Crippen molar-refractivity contribution < 1.29 is 0 Å². The Hall–Kier alpha value is -3.24. The highest BCUT2D eigenvalue weighted by molar-refractivity contribution is 7.17. The molecular weight excluding hydrogens is 388 g/mol. The van der Waals surface area contributed by atoms with Crippen LogP contribution in [0.15, 0.2) is 83.2 Å². The van der Waals surface area contributed by atoms with Crippen molar-refractivity contribution in [2.24, 2.45) is 0 Å². The number of hydrogen-bond donors (Lipinski definition) is 0. The van der Waals surface area contributed by atoms with Crippen LogP contribution in [-0.2, 0) is 6.54 Å². The summed E-state index contributed by atoms with van der Waals surface area (Å²) in [5, 5.41) is 5.12. The molecule has 0 fully saturated rings. The largest absolute Gasteiger partial charge is 0.294 e. The van der Waals surface area contributed by atoms with Crippen LogP contribution in [0.25, 0.3) is 32.1 Å². The van der Waals surface area contributed by atoms with E-state index in [4.69, 9.17) is 0 Å². The zero-order valence-electron chi connectivity index (χ0n) is 17.0. The minimum absolute atomic E-state index is 0.0114. The van der Waals surface area contributed by atoms with E-state index in [0.717, 1.165) is 21.5 Å². The first-order chi connectivity index (χ1) is 14.6. The molecule has 3 aromatic carbocycles. The highest BCUT2D eigenvalue weighted by Crippen LogP contribution is 2.32. The third-order valence-electron chi connectivity index (χ3n) is 5.62. The number of thiophene rings is 1. The highest BCUT2D eigenvalue weighted by atomic mass is 32.1. The molecule has 0 saturated carbocycles. The lowest BCUT2D eigenvalue weighted by molar-refractivity contribution is 0.748. The first-order valence-corrected chi connectivity index (χ1v) is 11.0. The van der Waals surface area contributed by atoms with Crippen LogP contribution in [0, 0.1) is 0 Å². The number of nitrogens with zero attached hydrogens (tertiary/aromatic N) is 2. The number of benzene rings is 3. The fourth-order valence-corrected chi connectivity index (χ4v) is 4.76. The molecule has 0 unspecified atom stereocenters. The summed E-state index contributed by atoms with van der Waals surface area (Å²) in [6, 6.07) is 23.1. The normalized spacial score (nSPS) is 11.6. The number of aromatic nitrogens is 2. The van der Waals surface area contributed by atoms with E-state index < -0.39 is 0 Å². The summed E-state index contributed by atoms with van der Waals surface area (Å²) >= 11 is 1.52. The molecule has 0 radical (unpaired) electrons. The van der Waals surface area contributed by atoms with Gasteiger partial charge in [-0.15, -0.1) is 11.3 Å². The molecule has 0 amide bonds. The van der Waals surface area contributed by atoms with Crippen molar-refractivity contribution in [3.8, 4) is 11.1 Å². The molecule has 0 atom stereocenters. The first kappa shape index (κ1) is 18.8. The second kappa shape index (κ2) is 7.54. The quantitative estimate of drug-likeness (QED) is 0.341. The predicted molar refractivity (Wildman–Crippen MR) is 126 cm³/mol. The summed E-state index contributed by atoms with van der Waals surface area (Å²) in [7, 11) is 0. The minimum Gasteiger partial charge on any atom is -0.294 e. The van der Waals surface area contributed by atoms with E-state index in [9.17, 15) is 4.79 Å². The Balaban J connectivity index is 1.57. The van der Waals surface area contributed by atoms with Crippen molar-refractivity contribution >= 4 is 32.3 Å². The van der Waals surface area contributed by atoms with E-state index in [1.165, 1.54) is 27.7 Å². The van der Waals surface area contributed by atoms with E-state index >= 15 is 0 Å². The Bertz CT molecular complexity index is 1410. The fraction of sp³-hybridized carbons (Fsp3) is 0.154. The maximum atomic E-state index is 13.4. The summed E-state index contributed by atoms with van der Waals surface area (Å²) in [4.78, 5) is 18.7. The van der Waals surface area contributed by atoms with Gasteiger partial charge in [-0.1, -0.05) is 74.5 Å². The van der Waals surface area contributed by atoms with E-state index in [1.54, 1.807) is 10.9 Å². The van der Waals surface area contributed by atoms with Gasteiger partial charge in [0.05, 0.1) is 18.3 Å². The molecule has 0 saturated heterocycles. The molecule has 148 valence electrons. The van der Waals surface area contributed by atoms with Crippen LogP contribution in [0.1, 0.15) is 30.9 Å². The standard InChI is InChI=1S/C26H22N2OS/c1-17(2)19-9-7-18(8-10-19)14-28-16-27-25-24(26(28)29)23(15-30-25)22-12-11-20-5-3-4-6-21(20)13-22/h3-13,15-17H,14H2,1-2H3. The van der Waals surface area contributed by atoms with Gasteiger partial charge < -0.3 is 0 Å². The van der Waals surface area contributed by atoms with Gasteiger partial charge in [-0.05, 0) is 39.4 Å². The molecule has 0 spiro atoms. The van der Waals surface area contributed by atoms with Gasteiger partial charge in [0.2, 0.25) is 0 Å². The molecule has 5 aromatic rings. The predicted octanol–water partition coefficient (Wildman–Crippen LogP) is 6.45. The van der Waals surface area contributed by atoms with Gasteiger partial charge in [0.15, 0.2) is 0 Å². The van der Waals surface area contributed by atoms with E-state index in [1.807, 2.05) is 17.5 Å². The molecule has 2 aromatic heterocycles. The number of fused-ring (bicyclic) bond motifs is 2. The smallest absolute Gasteiger partial charge is 0.263 e. The Morgan fingerprint density at radius 2 is 1.73 bits per heavy atom. The molecule has 2 heterocycles. The Morgan fingerprint density at radius 3 is 2.50 bits per heavy atom. The lowest BCUT2D eigenvalue weighted by Crippen LogP contribution is -2.21. The van der Waals surface area contributed by atoms with Crippen LogP contribution in [0.4, 0.5) is 0 Å². The van der Waals surface area contributed by atoms with Crippen molar-refractivity contribution in [1.29, 1.82) is 0 Å². The summed E-state index contributed by atoms with van der Waals surface area (Å²) in [5.41, 5.74) is 4.43. The van der Waals surface area contributed by atoms with Crippen LogP contribution in [-0.4, -0.2) is 9.55 Å². The van der Waals surface area contributed by atoms with Crippen LogP contribution in [0.3, 0.4) is 0 Å². The van der Waals surface area contributed by atoms with Crippen molar-refractivity contribution in [2.75, 3.05) is 0 Å². The van der Waals surface area contributed by atoms with Crippen LogP contribution in [0.5, 0.6) is 0 Å². The zero-order chi connectivity index (χ0) is 20.7.